The molecule has 0 atom stereocenters. The van der Waals surface area contributed by atoms with Crippen molar-refractivity contribution in [3.05, 3.63) is 112 Å². The highest BCUT2D eigenvalue weighted by Gasteiger charge is 2.39. The van der Waals surface area contributed by atoms with Crippen LogP contribution in [-0.4, -0.2) is 16.7 Å². The van der Waals surface area contributed by atoms with Crippen LogP contribution in [0.15, 0.2) is 83.8 Å². The van der Waals surface area contributed by atoms with Gasteiger partial charge in [-0.15, -0.1) is 11.8 Å². The summed E-state index contributed by atoms with van der Waals surface area (Å²) in [5.74, 6) is 0.209. The van der Waals surface area contributed by atoms with E-state index in [0.29, 0.717) is 16.2 Å². The normalized spacial score (nSPS) is 14.0. The summed E-state index contributed by atoms with van der Waals surface area (Å²) >= 11 is 1.44. The second-order valence-corrected chi connectivity index (χ2v) is 8.51. The average Bonchev–Trinajstić information content (AvgIpc) is 2.99. The van der Waals surface area contributed by atoms with E-state index in [9.17, 15) is 9.59 Å². The molecule has 1 aliphatic rings. The van der Waals surface area contributed by atoms with E-state index >= 15 is 0 Å². The van der Waals surface area contributed by atoms with E-state index in [0.717, 1.165) is 27.8 Å². The van der Waals surface area contributed by atoms with Crippen LogP contribution in [0, 0.1) is 13.8 Å². The molecule has 1 heterocycles. The van der Waals surface area contributed by atoms with Gasteiger partial charge in [0, 0.05) is 5.75 Å². The van der Waals surface area contributed by atoms with Crippen molar-refractivity contribution in [3.8, 4) is 0 Å². The fourth-order valence-corrected chi connectivity index (χ4v) is 4.50. The summed E-state index contributed by atoms with van der Waals surface area (Å²) < 4.78 is 0. The largest absolute Gasteiger partial charge is 0.269 e. The summed E-state index contributed by atoms with van der Waals surface area (Å²) in [6, 6.07) is 25.7. The predicted molar refractivity (Wildman–Crippen MR) is 123 cm³/mol. The average molecular weight is 414 g/mol. The van der Waals surface area contributed by atoms with E-state index in [1.54, 1.807) is 0 Å². The molecule has 2 amide bonds. The number of hydrogen-bond donors (Lipinski definition) is 0. The molecule has 0 unspecified atom stereocenters. The van der Waals surface area contributed by atoms with Gasteiger partial charge in [-0.05, 0) is 30.5 Å². The Labute approximate surface area is 181 Å². The Morgan fingerprint density at radius 1 is 0.700 bits per heavy atom. The first-order valence-corrected chi connectivity index (χ1v) is 10.9. The van der Waals surface area contributed by atoms with Gasteiger partial charge in [0.1, 0.15) is 0 Å². The molecule has 0 bridgehead atoms. The minimum Gasteiger partial charge on any atom is -0.269 e. The summed E-state index contributed by atoms with van der Waals surface area (Å²) in [5.41, 5.74) is 5.63. The third kappa shape index (κ3) is 4.24. The van der Waals surface area contributed by atoms with Crippen molar-refractivity contribution < 1.29 is 9.59 Å². The highest BCUT2D eigenvalue weighted by atomic mass is 32.2. The maximum Gasteiger partial charge on any atom is 0.268 e. The first-order chi connectivity index (χ1) is 14.5. The van der Waals surface area contributed by atoms with E-state index in [1.165, 1.54) is 16.7 Å². The zero-order valence-corrected chi connectivity index (χ0v) is 17.9. The third-order valence-electron chi connectivity index (χ3n) is 5.15. The van der Waals surface area contributed by atoms with Gasteiger partial charge in [0.05, 0.1) is 17.0 Å². The summed E-state index contributed by atoms with van der Waals surface area (Å²) in [6.07, 6.45) is 0. The van der Waals surface area contributed by atoms with Crippen LogP contribution in [0.5, 0.6) is 0 Å². The minimum atomic E-state index is -0.222. The number of carbonyl (C=O) groups is 2. The Kier molecular flexibility index (Phi) is 5.86. The Balaban J connectivity index is 1.66. The lowest BCUT2D eigenvalue weighted by Gasteiger charge is -2.15. The van der Waals surface area contributed by atoms with Crippen molar-refractivity contribution in [3.63, 3.8) is 0 Å². The number of nitrogens with zero attached hydrogens (tertiary/aromatic N) is 1. The SMILES string of the molecule is Cc1ccc(CN2C(=O)C(SCc3ccccc3)=C(c3ccc(C)cc3)C2=O)cc1. The summed E-state index contributed by atoms with van der Waals surface area (Å²) in [4.78, 5) is 28.5. The van der Waals surface area contributed by atoms with Crippen molar-refractivity contribution in [2.45, 2.75) is 26.1 Å². The fraction of sp³-hybridized carbons (Fsp3) is 0.154. The van der Waals surface area contributed by atoms with E-state index in [4.69, 9.17) is 0 Å². The number of hydrogen-bond acceptors (Lipinski definition) is 3. The van der Waals surface area contributed by atoms with Crippen LogP contribution in [0.3, 0.4) is 0 Å². The molecular weight excluding hydrogens is 390 g/mol. The van der Waals surface area contributed by atoms with Gasteiger partial charge in [0.25, 0.3) is 11.8 Å². The fourth-order valence-electron chi connectivity index (χ4n) is 3.41. The zero-order chi connectivity index (χ0) is 21.1. The molecule has 150 valence electrons. The number of carbonyl (C=O) groups excluding carboxylic acids is 2. The molecule has 0 fully saturated rings. The number of benzene rings is 3. The van der Waals surface area contributed by atoms with Crippen molar-refractivity contribution in [2.75, 3.05) is 0 Å². The van der Waals surface area contributed by atoms with Gasteiger partial charge in [-0.25, -0.2) is 0 Å². The van der Waals surface area contributed by atoms with Gasteiger partial charge in [-0.3, -0.25) is 14.5 Å². The highest BCUT2D eigenvalue weighted by molar-refractivity contribution is 8.03. The molecule has 0 N–H and O–H groups in total. The molecule has 0 aromatic heterocycles. The summed E-state index contributed by atoms with van der Waals surface area (Å²) in [6.45, 7) is 4.31. The van der Waals surface area contributed by atoms with Crippen LogP contribution >= 0.6 is 11.8 Å². The lowest BCUT2D eigenvalue weighted by molar-refractivity contribution is -0.137. The Morgan fingerprint density at radius 3 is 1.93 bits per heavy atom. The minimum absolute atomic E-state index is 0.211. The maximum absolute atomic E-state index is 13.3. The van der Waals surface area contributed by atoms with E-state index < -0.39 is 0 Å². The molecule has 4 rings (SSSR count). The topological polar surface area (TPSA) is 37.4 Å². The number of aryl methyl sites for hydroxylation is 2. The van der Waals surface area contributed by atoms with Crippen LogP contribution in [0.4, 0.5) is 0 Å². The van der Waals surface area contributed by atoms with Crippen LogP contribution in [0.25, 0.3) is 5.57 Å². The van der Waals surface area contributed by atoms with Crippen LogP contribution in [-0.2, 0) is 21.9 Å². The summed E-state index contributed by atoms with van der Waals surface area (Å²) in [5, 5.41) is 0. The Morgan fingerprint density at radius 2 is 1.30 bits per heavy atom. The van der Waals surface area contributed by atoms with Gasteiger partial charge in [-0.2, -0.15) is 0 Å². The maximum atomic E-state index is 13.3. The van der Waals surface area contributed by atoms with Crippen molar-refractivity contribution in [1.29, 1.82) is 0 Å². The zero-order valence-electron chi connectivity index (χ0n) is 17.1. The second kappa shape index (κ2) is 8.72. The Bertz CT molecular complexity index is 1100. The number of rotatable bonds is 6. The van der Waals surface area contributed by atoms with Crippen LogP contribution in [0.2, 0.25) is 0 Å². The van der Waals surface area contributed by atoms with Gasteiger partial charge in [0.2, 0.25) is 0 Å². The predicted octanol–water partition coefficient (Wildman–Crippen LogP) is 5.52. The second-order valence-electron chi connectivity index (χ2n) is 7.53. The molecule has 1 aliphatic heterocycles. The molecule has 30 heavy (non-hydrogen) atoms. The highest BCUT2D eigenvalue weighted by Crippen LogP contribution is 2.38. The van der Waals surface area contributed by atoms with Crippen LogP contribution < -0.4 is 0 Å². The molecule has 3 nitrogen and oxygen atoms in total. The molecule has 0 radical (unpaired) electrons. The first kappa shape index (κ1) is 20.2. The van der Waals surface area contributed by atoms with Crippen molar-refractivity contribution >= 4 is 29.1 Å². The van der Waals surface area contributed by atoms with Gasteiger partial charge < -0.3 is 0 Å². The lowest BCUT2D eigenvalue weighted by Crippen LogP contribution is -2.30. The van der Waals surface area contributed by atoms with Crippen molar-refractivity contribution in [1.82, 2.24) is 4.90 Å². The molecule has 0 spiro atoms. The summed E-state index contributed by atoms with van der Waals surface area (Å²) in [7, 11) is 0. The molecule has 0 saturated carbocycles. The van der Waals surface area contributed by atoms with E-state index in [2.05, 4.69) is 0 Å². The van der Waals surface area contributed by atoms with Gasteiger partial charge in [0.15, 0.2) is 0 Å². The third-order valence-corrected chi connectivity index (χ3v) is 6.30. The molecular formula is C26H23NO2S. The number of imide groups is 1. The van der Waals surface area contributed by atoms with E-state index in [1.807, 2.05) is 92.7 Å². The quantitative estimate of drug-likeness (QED) is 0.500. The molecule has 4 heteroatoms. The standard InChI is InChI=1S/C26H23NO2S/c1-18-8-12-20(13-9-18)16-27-25(28)23(22-14-10-19(2)11-15-22)24(26(27)29)30-17-21-6-4-3-5-7-21/h3-15H,16-17H2,1-2H3. The van der Waals surface area contributed by atoms with Gasteiger partial charge in [-0.1, -0.05) is 90.0 Å². The number of amides is 2. The number of thioether (sulfide) groups is 1. The Hall–Kier alpha value is -3.11. The lowest BCUT2D eigenvalue weighted by atomic mass is 10.0. The first-order valence-electron chi connectivity index (χ1n) is 9.93. The monoisotopic (exact) mass is 413 g/mol. The molecule has 3 aromatic rings. The van der Waals surface area contributed by atoms with Crippen molar-refractivity contribution in [2.24, 2.45) is 0 Å². The molecule has 3 aromatic carbocycles. The van der Waals surface area contributed by atoms with Crippen LogP contribution in [0.1, 0.15) is 27.8 Å². The smallest absolute Gasteiger partial charge is 0.268 e. The molecule has 0 aliphatic carbocycles. The molecule has 0 saturated heterocycles. The van der Waals surface area contributed by atoms with E-state index in [-0.39, 0.29) is 18.4 Å². The van der Waals surface area contributed by atoms with Gasteiger partial charge >= 0.3 is 0 Å².